The van der Waals surface area contributed by atoms with Gasteiger partial charge in [0.25, 0.3) is 0 Å². The molecule has 0 unspecified atom stereocenters. The predicted molar refractivity (Wildman–Crippen MR) is 88.7 cm³/mol. The molecule has 2 aromatic carbocycles. The van der Waals surface area contributed by atoms with Crippen molar-refractivity contribution in [3.8, 4) is 17.0 Å². The lowest BCUT2D eigenvalue weighted by Gasteiger charge is -2.09. The number of thiazole rings is 1. The summed E-state index contributed by atoms with van der Waals surface area (Å²) in [7, 11) is 0. The molecule has 0 atom stereocenters. The average molecular weight is 330 g/mol. The molecule has 0 radical (unpaired) electrons. The van der Waals surface area contributed by atoms with Crippen LogP contribution >= 0.6 is 22.9 Å². The first-order valence-corrected chi connectivity index (χ1v) is 7.89. The molecule has 3 rings (SSSR count). The summed E-state index contributed by atoms with van der Waals surface area (Å²) in [5.74, 6) is 0.625. The van der Waals surface area contributed by atoms with E-state index in [0.29, 0.717) is 22.4 Å². The molecule has 3 aromatic rings. The van der Waals surface area contributed by atoms with Crippen LogP contribution in [0.25, 0.3) is 11.3 Å². The molecule has 3 nitrogen and oxygen atoms in total. The van der Waals surface area contributed by atoms with Gasteiger partial charge in [-0.25, -0.2) is 4.98 Å². The molecule has 22 heavy (non-hydrogen) atoms. The van der Waals surface area contributed by atoms with E-state index < -0.39 is 0 Å². The van der Waals surface area contributed by atoms with E-state index in [9.17, 15) is 4.79 Å². The van der Waals surface area contributed by atoms with Crippen molar-refractivity contribution in [1.82, 2.24) is 4.98 Å². The minimum absolute atomic E-state index is 0.454. The van der Waals surface area contributed by atoms with E-state index in [1.54, 1.807) is 6.07 Å². The number of carbonyl (C=O) groups excluding carboxylic acids is 1. The fourth-order valence-corrected chi connectivity index (χ4v) is 2.85. The van der Waals surface area contributed by atoms with Crippen LogP contribution in [-0.4, -0.2) is 11.3 Å². The summed E-state index contributed by atoms with van der Waals surface area (Å²) < 4.78 is 5.73. The second-order valence-electron chi connectivity index (χ2n) is 4.61. The molecule has 0 saturated carbocycles. The predicted octanol–water partition coefficient (Wildman–Crippen LogP) is 4.86. The number of aromatic nitrogens is 1. The molecular weight excluding hydrogens is 318 g/mol. The van der Waals surface area contributed by atoms with Gasteiger partial charge in [-0.3, -0.25) is 4.79 Å². The minimum atomic E-state index is 0.454. The molecule has 0 fully saturated rings. The number of rotatable bonds is 5. The SMILES string of the molecule is O=Cc1nc(-c2ccc(OCc3ccccc3)c(Cl)c2)cs1. The van der Waals surface area contributed by atoms with Crippen molar-refractivity contribution >= 4 is 29.2 Å². The van der Waals surface area contributed by atoms with Gasteiger partial charge in [-0.1, -0.05) is 41.9 Å². The standard InChI is InChI=1S/C17H12ClNO2S/c18-14-8-13(15-11-22-17(9-20)19-15)6-7-16(14)21-10-12-4-2-1-3-5-12/h1-9,11H,10H2. The van der Waals surface area contributed by atoms with E-state index in [0.717, 1.165) is 23.1 Å². The average Bonchev–Trinajstić information content (AvgIpc) is 3.04. The fourth-order valence-electron chi connectivity index (χ4n) is 1.99. The summed E-state index contributed by atoms with van der Waals surface area (Å²) in [6, 6.07) is 15.4. The lowest BCUT2D eigenvalue weighted by molar-refractivity contribution is 0.112. The maximum Gasteiger partial charge on any atom is 0.178 e. The molecule has 1 aromatic heterocycles. The molecule has 110 valence electrons. The van der Waals surface area contributed by atoms with E-state index in [1.165, 1.54) is 11.3 Å². The highest BCUT2D eigenvalue weighted by Gasteiger charge is 2.08. The fraction of sp³-hybridized carbons (Fsp3) is 0.0588. The molecule has 0 aliphatic heterocycles. The molecule has 0 bridgehead atoms. The van der Waals surface area contributed by atoms with Crippen molar-refractivity contribution in [3.05, 3.63) is 69.5 Å². The van der Waals surface area contributed by atoms with Crippen molar-refractivity contribution < 1.29 is 9.53 Å². The van der Waals surface area contributed by atoms with E-state index in [4.69, 9.17) is 16.3 Å². The van der Waals surface area contributed by atoms with E-state index in [1.807, 2.05) is 47.8 Å². The van der Waals surface area contributed by atoms with Gasteiger partial charge in [0.2, 0.25) is 0 Å². The Morgan fingerprint density at radius 2 is 2.00 bits per heavy atom. The zero-order valence-electron chi connectivity index (χ0n) is 11.5. The summed E-state index contributed by atoms with van der Waals surface area (Å²) in [4.78, 5) is 14.9. The zero-order valence-corrected chi connectivity index (χ0v) is 13.1. The molecule has 0 saturated heterocycles. The van der Waals surface area contributed by atoms with Crippen LogP contribution in [0.3, 0.4) is 0 Å². The molecule has 1 heterocycles. The van der Waals surface area contributed by atoms with Crippen LogP contribution in [0.15, 0.2) is 53.9 Å². The number of hydrogen-bond acceptors (Lipinski definition) is 4. The Hall–Kier alpha value is -2.17. The Morgan fingerprint density at radius 1 is 1.18 bits per heavy atom. The van der Waals surface area contributed by atoms with E-state index in [2.05, 4.69) is 4.98 Å². The Morgan fingerprint density at radius 3 is 2.68 bits per heavy atom. The quantitative estimate of drug-likeness (QED) is 0.628. The molecule has 5 heteroatoms. The molecular formula is C17H12ClNO2S. The summed E-state index contributed by atoms with van der Waals surface area (Å²) in [5.41, 5.74) is 2.68. The molecule has 0 N–H and O–H groups in total. The Kier molecular flexibility index (Phi) is 4.51. The first-order chi connectivity index (χ1) is 10.8. The van der Waals surface area contributed by atoms with Crippen LogP contribution in [0.1, 0.15) is 15.4 Å². The highest BCUT2D eigenvalue weighted by molar-refractivity contribution is 7.11. The summed E-state index contributed by atoms with van der Waals surface area (Å²) in [5, 5.41) is 2.81. The maximum absolute atomic E-state index is 10.7. The van der Waals surface area contributed by atoms with E-state index in [-0.39, 0.29) is 0 Å². The van der Waals surface area contributed by atoms with Crippen molar-refractivity contribution in [2.24, 2.45) is 0 Å². The van der Waals surface area contributed by atoms with Crippen molar-refractivity contribution in [3.63, 3.8) is 0 Å². The van der Waals surface area contributed by atoms with Crippen LogP contribution < -0.4 is 4.74 Å². The largest absolute Gasteiger partial charge is 0.487 e. The summed E-state index contributed by atoms with van der Waals surface area (Å²) in [6.45, 7) is 0.464. The van der Waals surface area contributed by atoms with Crippen LogP contribution in [0, 0.1) is 0 Å². The van der Waals surface area contributed by atoms with Gasteiger partial charge >= 0.3 is 0 Å². The normalized spacial score (nSPS) is 10.4. The minimum Gasteiger partial charge on any atom is -0.487 e. The van der Waals surface area contributed by atoms with Crippen molar-refractivity contribution in [2.45, 2.75) is 6.61 Å². The number of aldehydes is 1. The maximum atomic E-state index is 10.7. The summed E-state index contributed by atoms with van der Waals surface area (Å²) in [6.07, 6.45) is 0.743. The first kappa shape index (κ1) is 14.8. The Balaban J connectivity index is 1.76. The number of benzene rings is 2. The van der Waals surface area contributed by atoms with Crippen LogP contribution in [-0.2, 0) is 6.61 Å². The van der Waals surface area contributed by atoms with Crippen LogP contribution in [0.4, 0.5) is 0 Å². The van der Waals surface area contributed by atoms with Gasteiger partial charge in [0, 0.05) is 10.9 Å². The number of hydrogen-bond donors (Lipinski definition) is 0. The van der Waals surface area contributed by atoms with Gasteiger partial charge in [-0.15, -0.1) is 11.3 Å². The van der Waals surface area contributed by atoms with Gasteiger partial charge < -0.3 is 4.74 Å². The third kappa shape index (κ3) is 3.35. The van der Waals surface area contributed by atoms with Gasteiger partial charge in [0.15, 0.2) is 11.3 Å². The monoisotopic (exact) mass is 329 g/mol. The third-order valence-electron chi connectivity index (χ3n) is 3.09. The van der Waals surface area contributed by atoms with Crippen molar-refractivity contribution in [2.75, 3.05) is 0 Å². The van der Waals surface area contributed by atoms with E-state index >= 15 is 0 Å². The second-order valence-corrected chi connectivity index (χ2v) is 5.91. The summed E-state index contributed by atoms with van der Waals surface area (Å²) >= 11 is 7.58. The number of carbonyl (C=O) groups is 1. The lowest BCUT2D eigenvalue weighted by Crippen LogP contribution is -1.95. The Bertz CT molecular complexity index is 786. The second kappa shape index (κ2) is 6.73. The highest BCUT2D eigenvalue weighted by atomic mass is 35.5. The number of nitrogens with zero attached hydrogens (tertiary/aromatic N) is 1. The molecule has 0 aliphatic carbocycles. The van der Waals surface area contributed by atoms with Gasteiger partial charge in [0.1, 0.15) is 12.4 Å². The smallest absolute Gasteiger partial charge is 0.178 e. The topological polar surface area (TPSA) is 39.2 Å². The van der Waals surface area contributed by atoms with Gasteiger partial charge in [0.05, 0.1) is 10.7 Å². The lowest BCUT2D eigenvalue weighted by atomic mass is 10.1. The van der Waals surface area contributed by atoms with Crippen LogP contribution in [0.5, 0.6) is 5.75 Å². The van der Waals surface area contributed by atoms with Gasteiger partial charge in [-0.05, 0) is 23.8 Å². The van der Waals surface area contributed by atoms with Crippen LogP contribution in [0.2, 0.25) is 5.02 Å². The van der Waals surface area contributed by atoms with Gasteiger partial charge in [-0.2, -0.15) is 0 Å². The first-order valence-electron chi connectivity index (χ1n) is 6.63. The number of halogens is 1. The number of ether oxygens (including phenoxy) is 1. The third-order valence-corrected chi connectivity index (χ3v) is 4.15. The molecule has 0 spiro atoms. The zero-order chi connectivity index (χ0) is 15.4. The molecule has 0 aliphatic rings. The highest BCUT2D eigenvalue weighted by Crippen LogP contribution is 2.31. The van der Waals surface area contributed by atoms with Crippen molar-refractivity contribution in [1.29, 1.82) is 0 Å². The molecule has 0 amide bonds. The Labute approximate surface area is 137 Å².